The molecule has 0 bridgehead atoms. The van der Waals surface area contributed by atoms with Gasteiger partial charge in [-0.25, -0.2) is 4.79 Å². The molecular formula is C18H18O5. The van der Waals surface area contributed by atoms with Crippen LogP contribution in [0.15, 0.2) is 48.5 Å². The molecule has 23 heavy (non-hydrogen) atoms. The minimum absolute atomic E-state index is 0.0531. The van der Waals surface area contributed by atoms with E-state index in [9.17, 15) is 9.90 Å². The van der Waals surface area contributed by atoms with Crippen LogP contribution in [0.4, 0.5) is 0 Å². The Balaban J connectivity index is 1.99. The van der Waals surface area contributed by atoms with Crippen molar-refractivity contribution in [3.05, 3.63) is 59.7 Å². The van der Waals surface area contributed by atoms with Gasteiger partial charge in [0, 0.05) is 0 Å². The Hall–Kier alpha value is -2.95. The molecule has 5 heteroatoms. The molecule has 0 heterocycles. The molecule has 0 unspecified atom stereocenters. The van der Waals surface area contributed by atoms with Crippen LogP contribution in [0, 0.1) is 0 Å². The second kappa shape index (κ2) is 7.89. The highest BCUT2D eigenvalue weighted by Crippen LogP contribution is 2.37. The molecule has 1 N–H and O–H groups in total. The number of phenols is 1. The van der Waals surface area contributed by atoms with Crippen molar-refractivity contribution >= 4 is 12.0 Å². The molecule has 0 fully saturated rings. The highest BCUT2D eigenvalue weighted by Gasteiger charge is 2.10. The van der Waals surface area contributed by atoms with Crippen LogP contribution >= 0.6 is 0 Å². The smallest absolute Gasteiger partial charge is 0.338 e. The van der Waals surface area contributed by atoms with Crippen molar-refractivity contribution in [2.24, 2.45) is 0 Å². The van der Waals surface area contributed by atoms with Crippen molar-refractivity contribution in [2.45, 2.75) is 0 Å². The summed E-state index contributed by atoms with van der Waals surface area (Å²) < 4.78 is 15.3. The van der Waals surface area contributed by atoms with Crippen molar-refractivity contribution < 1.29 is 24.1 Å². The lowest BCUT2D eigenvalue weighted by molar-refractivity contribution is 0.0550. The number of benzene rings is 2. The molecule has 120 valence electrons. The van der Waals surface area contributed by atoms with E-state index < -0.39 is 0 Å². The molecule has 0 aliphatic rings. The van der Waals surface area contributed by atoms with Gasteiger partial charge >= 0.3 is 5.97 Å². The molecule has 2 aromatic carbocycles. The summed E-state index contributed by atoms with van der Waals surface area (Å²) in [6.45, 7) is 0.138. The second-order valence-electron chi connectivity index (χ2n) is 4.64. The first-order valence-corrected chi connectivity index (χ1v) is 6.99. The van der Waals surface area contributed by atoms with Gasteiger partial charge in [0.2, 0.25) is 5.75 Å². The van der Waals surface area contributed by atoms with Crippen molar-refractivity contribution in [3.63, 3.8) is 0 Å². The van der Waals surface area contributed by atoms with Gasteiger partial charge in [0.05, 0.1) is 19.8 Å². The predicted molar refractivity (Wildman–Crippen MR) is 87.0 cm³/mol. The van der Waals surface area contributed by atoms with Crippen LogP contribution in [0.2, 0.25) is 0 Å². The fraction of sp³-hybridized carbons (Fsp3) is 0.167. The quantitative estimate of drug-likeness (QED) is 0.829. The maximum atomic E-state index is 11.8. The summed E-state index contributed by atoms with van der Waals surface area (Å²) in [6, 6.07) is 12.1. The molecule has 0 atom stereocenters. The number of aromatic hydroxyl groups is 1. The number of hydrogen-bond donors (Lipinski definition) is 1. The fourth-order valence-corrected chi connectivity index (χ4v) is 1.98. The Morgan fingerprint density at radius 3 is 2.26 bits per heavy atom. The molecule has 0 aliphatic heterocycles. The summed E-state index contributed by atoms with van der Waals surface area (Å²) in [6.07, 6.45) is 3.45. The predicted octanol–water partition coefficient (Wildman–Crippen LogP) is 3.28. The molecule has 0 radical (unpaired) electrons. The van der Waals surface area contributed by atoms with Crippen LogP contribution in [-0.2, 0) is 4.74 Å². The van der Waals surface area contributed by atoms with Gasteiger partial charge in [-0.3, -0.25) is 0 Å². The van der Waals surface area contributed by atoms with Crippen molar-refractivity contribution in [1.29, 1.82) is 0 Å². The van der Waals surface area contributed by atoms with Gasteiger partial charge in [-0.2, -0.15) is 0 Å². The molecule has 5 nitrogen and oxygen atoms in total. The maximum absolute atomic E-state index is 11.8. The van der Waals surface area contributed by atoms with Gasteiger partial charge in [0.15, 0.2) is 11.5 Å². The Morgan fingerprint density at radius 2 is 1.70 bits per heavy atom. The maximum Gasteiger partial charge on any atom is 0.338 e. The third-order valence-corrected chi connectivity index (χ3v) is 3.13. The lowest BCUT2D eigenvalue weighted by Crippen LogP contribution is -2.04. The average Bonchev–Trinajstić information content (AvgIpc) is 2.60. The van der Waals surface area contributed by atoms with Crippen LogP contribution in [0.1, 0.15) is 15.9 Å². The molecular weight excluding hydrogens is 296 g/mol. The molecule has 0 aliphatic carbocycles. The topological polar surface area (TPSA) is 65.0 Å². The zero-order valence-electron chi connectivity index (χ0n) is 13.0. The molecule has 0 saturated carbocycles. The Labute approximate surface area is 134 Å². The van der Waals surface area contributed by atoms with Crippen LogP contribution in [-0.4, -0.2) is 31.9 Å². The van der Waals surface area contributed by atoms with Crippen LogP contribution in [0.5, 0.6) is 17.2 Å². The third-order valence-electron chi connectivity index (χ3n) is 3.13. The van der Waals surface area contributed by atoms with Crippen LogP contribution < -0.4 is 9.47 Å². The zero-order chi connectivity index (χ0) is 16.7. The van der Waals surface area contributed by atoms with Gasteiger partial charge in [-0.15, -0.1) is 0 Å². The van der Waals surface area contributed by atoms with E-state index in [1.54, 1.807) is 48.6 Å². The highest BCUT2D eigenvalue weighted by atomic mass is 16.5. The molecule has 0 amide bonds. The van der Waals surface area contributed by atoms with Gasteiger partial charge in [0.1, 0.15) is 6.61 Å². The van der Waals surface area contributed by atoms with E-state index in [1.807, 2.05) is 6.07 Å². The first kappa shape index (κ1) is 16.4. The first-order valence-electron chi connectivity index (χ1n) is 6.99. The van der Waals surface area contributed by atoms with E-state index in [1.165, 1.54) is 14.2 Å². The number of esters is 1. The number of hydrogen-bond acceptors (Lipinski definition) is 5. The average molecular weight is 314 g/mol. The summed E-state index contributed by atoms with van der Waals surface area (Å²) in [7, 11) is 2.92. The Kier molecular flexibility index (Phi) is 5.63. The van der Waals surface area contributed by atoms with Crippen LogP contribution in [0.3, 0.4) is 0 Å². The van der Waals surface area contributed by atoms with E-state index in [0.717, 1.165) is 5.56 Å². The third kappa shape index (κ3) is 4.26. The molecule has 0 saturated heterocycles. The van der Waals surface area contributed by atoms with E-state index in [0.29, 0.717) is 17.1 Å². The molecule has 0 aromatic heterocycles. The fourth-order valence-electron chi connectivity index (χ4n) is 1.98. The number of methoxy groups -OCH3 is 2. The molecule has 2 rings (SSSR count). The summed E-state index contributed by atoms with van der Waals surface area (Å²) in [5.41, 5.74) is 1.26. The lowest BCUT2D eigenvalue weighted by Gasteiger charge is -2.09. The zero-order valence-corrected chi connectivity index (χ0v) is 13.0. The first-order chi connectivity index (χ1) is 11.2. The van der Waals surface area contributed by atoms with Gasteiger partial charge in [-0.1, -0.05) is 24.3 Å². The Bertz CT molecular complexity index is 667. The highest BCUT2D eigenvalue weighted by molar-refractivity contribution is 5.89. The van der Waals surface area contributed by atoms with E-state index in [-0.39, 0.29) is 18.3 Å². The van der Waals surface area contributed by atoms with Gasteiger partial charge in [0.25, 0.3) is 0 Å². The summed E-state index contributed by atoms with van der Waals surface area (Å²) in [5, 5.41) is 9.84. The number of rotatable bonds is 6. The number of phenolic OH excluding ortho intramolecular Hbond substituents is 1. The largest absolute Gasteiger partial charge is 0.502 e. The van der Waals surface area contributed by atoms with Crippen molar-refractivity contribution in [2.75, 3.05) is 20.8 Å². The normalized spacial score (nSPS) is 10.5. The monoisotopic (exact) mass is 314 g/mol. The lowest BCUT2D eigenvalue weighted by atomic mass is 10.1. The molecule has 0 spiro atoms. The van der Waals surface area contributed by atoms with Gasteiger partial charge < -0.3 is 19.3 Å². The van der Waals surface area contributed by atoms with Crippen molar-refractivity contribution in [3.8, 4) is 17.2 Å². The summed E-state index contributed by atoms with van der Waals surface area (Å²) in [5.74, 6) is 0.189. The van der Waals surface area contributed by atoms with Gasteiger partial charge in [-0.05, 0) is 35.9 Å². The summed E-state index contributed by atoms with van der Waals surface area (Å²) >= 11 is 0. The van der Waals surface area contributed by atoms with E-state index in [2.05, 4.69) is 0 Å². The number of carbonyl (C=O) groups excluding carboxylic acids is 1. The van der Waals surface area contributed by atoms with E-state index >= 15 is 0 Å². The van der Waals surface area contributed by atoms with Crippen LogP contribution in [0.25, 0.3) is 6.08 Å². The standard InChI is InChI=1S/C18H18O5/c1-21-15-11-13(12-16(22-2)17(15)19)7-6-10-23-18(20)14-8-4-3-5-9-14/h3-9,11-12,19H,10H2,1-2H3. The Morgan fingerprint density at radius 1 is 1.09 bits per heavy atom. The molecule has 2 aromatic rings. The minimum Gasteiger partial charge on any atom is -0.502 e. The number of ether oxygens (including phenoxy) is 3. The SMILES string of the molecule is COc1cc(C=CCOC(=O)c2ccccc2)cc(OC)c1O. The van der Waals surface area contributed by atoms with E-state index in [4.69, 9.17) is 14.2 Å². The summed E-state index contributed by atoms with van der Waals surface area (Å²) in [4.78, 5) is 11.8. The number of carbonyl (C=O) groups is 1. The van der Waals surface area contributed by atoms with Crippen molar-refractivity contribution in [1.82, 2.24) is 0 Å². The second-order valence-corrected chi connectivity index (χ2v) is 4.64. The minimum atomic E-state index is -0.379.